The lowest BCUT2D eigenvalue weighted by atomic mass is 9.87. The fourth-order valence-corrected chi connectivity index (χ4v) is 3.58. The minimum atomic E-state index is -3.23. The number of sulfone groups is 1. The third-order valence-electron chi connectivity index (χ3n) is 4.01. The monoisotopic (exact) mass is 356 g/mol. The molecular weight excluding hydrogens is 324 g/mol. The van der Waals surface area contributed by atoms with Crippen molar-refractivity contribution in [1.29, 1.82) is 0 Å². The first-order chi connectivity index (χ1) is 9.68. The van der Waals surface area contributed by atoms with E-state index in [1.54, 1.807) is 6.92 Å². The predicted molar refractivity (Wildman–Crippen MR) is 92.3 cm³/mol. The SMILES string of the molecule is CCN(CCN(CCS(C)(=O)=O)C(C)C(C)(C)C)S(C)(=O)=O. The van der Waals surface area contributed by atoms with Crippen molar-refractivity contribution in [2.45, 2.75) is 40.7 Å². The zero-order valence-electron chi connectivity index (χ0n) is 15.0. The van der Waals surface area contributed by atoms with Crippen molar-refractivity contribution < 1.29 is 16.8 Å². The number of hydrogen-bond donors (Lipinski definition) is 0. The molecule has 0 bridgehead atoms. The fraction of sp³-hybridized carbons (Fsp3) is 1.00. The highest BCUT2D eigenvalue weighted by atomic mass is 32.2. The lowest BCUT2D eigenvalue weighted by molar-refractivity contribution is 0.114. The molecule has 0 saturated carbocycles. The van der Waals surface area contributed by atoms with Crippen LogP contribution >= 0.6 is 0 Å². The van der Waals surface area contributed by atoms with Crippen LogP contribution in [0.25, 0.3) is 0 Å². The molecule has 0 amide bonds. The largest absolute Gasteiger partial charge is 0.298 e. The van der Waals surface area contributed by atoms with Gasteiger partial charge in [-0.2, -0.15) is 0 Å². The minimum Gasteiger partial charge on any atom is -0.298 e. The molecule has 0 aromatic rings. The molecule has 0 aliphatic rings. The molecule has 0 rings (SSSR count). The van der Waals surface area contributed by atoms with Gasteiger partial charge in [-0.3, -0.25) is 4.90 Å². The van der Waals surface area contributed by atoms with Gasteiger partial charge >= 0.3 is 0 Å². The topological polar surface area (TPSA) is 74.8 Å². The van der Waals surface area contributed by atoms with Crippen molar-refractivity contribution in [1.82, 2.24) is 9.21 Å². The Morgan fingerprint density at radius 3 is 1.77 bits per heavy atom. The van der Waals surface area contributed by atoms with Gasteiger partial charge in [0.15, 0.2) is 0 Å². The molecule has 0 radical (unpaired) electrons. The number of rotatable bonds is 9. The molecule has 0 fully saturated rings. The quantitative estimate of drug-likeness (QED) is 0.617. The lowest BCUT2D eigenvalue weighted by Crippen LogP contribution is -2.47. The third kappa shape index (κ3) is 8.45. The summed E-state index contributed by atoms with van der Waals surface area (Å²) in [4.78, 5) is 2.06. The molecule has 1 atom stereocenters. The zero-order valence-corrected chi connectivity index (χ0v) is 16.6. The van der Waals surface area contributed by atoms with Gasteiger partial charge < -0.3 is 0 Å². The summed E-state index contributed by atoms with van der Waals surface area (Å²) >= 11 is 0. The highest BCUT2D eigenvalue weighted by Crippen LogP contribution is 2.24. The Hall–Kier alpha value is -0.180. The van der Waals surface area contributed by atoms with Crippen LogP contribution in [0.2, 0.25) is 0 Å². The Morgan fingerprint density at radius 2 is 1.45 bits per heavy atom. The maximum Gasteiger partial charge on any atom is 0.211 e. The molecule has 134 valence electrons. The van der Waals surface area contributed by atoms with Crippen molar-refractivity contribution in [3.05, 3.63) is 0 Å². The number of sulfonamides is 1. The average molecular weight is 357 g/mol. The average Bonchev–Trinajstić information content (AvgIpc) is 2.28. The van der Waals surface area contributed by atoms with E-state index >= 15 is 0 Å². The number of likely N-dealkylation sites (N-methyl/N-ethyl adjacent to an activating group) is 1. The van der Waals surface area contributed by atoms with Gasteiger partial charge in [0.05, 0.1) is 12.0 Å². The van der Waals surface area contributed by atoms with E-state index in [1.165, 1.54) is 16.8 Å². The fourth-order valence-electron chi connectivity index (χ4n) is 2.13. The highest BCUT2D eigenvalue weighted by Gasteiger charge is 2.27. The second-order valence-corrected chi connectivity index (χ2v) is 11.2. The molecule has 0 aromatic carbocycles. The molecule has 0 N–H and O–H groups in total. The smallest absolute Gasteiger partial charge is 0.211 e. The van der Waals surface area contributed by atoms with Gasteiger partial charge in [-0.25, -0.2) is 21.1 Å². The van der Waals surface area contributed by atoms with Crippen LogP contribution in [0.5, 0.6) is 0 Å². The van der Waals surface area contributed by atoms with E-state index in [9.17, 15) is 16.8 Å². The second-order valence-electron chi connectivity index (χ2n) is 6.96. The Morgan fingerprint density at radius 1 is 0.955 bits per heavy atom. The van der Waals surface area contributed by atoms with Gasteiger partial charge in [0, 0.05) is 38.5 Å². The van der Waals surface area contributed by atoms with Gasteiger partial charge in [0.1, 0.15) is 9.84 Å². The molecule has 1 unspecified atom stereocenters. The highest BCUT2D eigenvalue weighted by molar-refractivity contribution is 7.90. The molecule has 0 heterocycles. The predicted octanol–water partition coefficient (Wildman–Crippen LogP) is 1.05. The summed E-state index contributed by atoms with van der Waals surface area (Å²) in [6.45, 7) is 11.9. The second kappa shape index (κ2) is 8.08. The van der Waals surface area contributed by atoms with Gasteiger partial charge in [0.25, 0.3) is 0 Å². The van der Waals surface area contributed by atoms with Crippen LogP contribution in [-0.4, -0.2) is 76.5 Å². The molecule has 0 saturated heterocycles. The zero-order chi connectivity index (χ0) is 17.8. The first-order valence-corrected chi connectivity index (χ1v) is 11.5. The summed E-state index contributed by atoms with van der Waals surface area (Å²) in [5.41, 5.74) is -0.0142. The van der Waals surface area contributed by atoms with E-state index in [0.717, 1.165) is 0 Å². The van der Waals surface area contributed by atoms with Crippen LogP contribution in [0.3, 0.4) is 0 Å². The molecule has 22 heavy (non-hydrogen) atoms. The normalized spacial score (nSPS) is 15.5. The summed E-state index contributed by atoms with van der Waals surface area (Å²) in [5.74, 6) is 0.0818. The molecule has 0 aliphatic heterocycles. The van der Waals surface area contributed by atoms with E-state index in [1.807, 2.05) is 0 Å². The van der Waals surface area contributed by atoms with Crippen LogP contribution in [0.1, 0.15) is 34.6 Å². The molecule has 8 heteroatoms. The van der Waals surface area contributed by atoms with E-state index in [-0.39, 0.29) is 17.2 Å². The molecular formula is C14H32N2O4S2. The molecule has 0 aliphatic carbocycles. The Balaban J connectivity index is 5.01. The first-order valence-electron chi connectivity index (χ1n) is 7.55. The van der Waals surface area contributed by atoms with Crippen molar-refractivity contribution in [3.63, 3.8) is 0 Å². The van der Waals surface area contributed by atoms with Crippen molar-refractivity contribution in [2.75, 3.05) is 44.4 Å². The minimum absolute atomic E-state index is 0.0142. The van der Waals surface area contributed by atoms with Crippen LogP contribution in [0, 0.1) is 5.41 Å². The number of hydrogen-bond acceptors (Lipinski definition) is 5. The number of nitrogens with zero attached hydrogens (tertiary/aromatic N) is 2. The Kier molecular flexibility index (Phi) is 8.01. The summed E-state index contributed by atoms with van der Waals surface area (Å²) in [5, 5.41) is 0. The summed E-state index contributed by atoms with van der Waals surface area (Å²) < 4.78 is 47.6. The van der Waals surface area contributed by atoms with Gasteiger partial charge in [-0.05, 0) is 12.3 Å². The van der Waals surface area contributed by atoms with E-state index < -0.39 is 19.9 Å². The standard InChI is InChI=1S/C14H32N2O4S2/c1-8-16(22(7,19)20)10-9-15(11-12-21(6,17)18)13(2)14(3,4)5/h13H,8-12H2,1-7H3. The molecule has 0 aromatic heterocycles. The maximum absolute atomic E-state index is 11.7. The van der Waals surface area contributed by atoms with Crippen molar-refractivity contribution in [2.24, 2.45) is 5.41 Å². The van der Waals surface area contributed by atoms with Crippen LogP contribution < -0.4 is 0 Å². The lowest BCUT2D eigenvalue weighted by Gasteiger charge is -2.38. The Labute approximate surface area is 136 Å². The molecule has 6 nitrogen and oxygen atoms in total. The van der Waals surface area contributed by atoms with Crippen molar-refractivity contribution in [3.8, 4) is 0 Å². The van der Waals surface area contributed by atoms with E-state index in [4.69, 9.17) is 0 Å². The molecule has 0 spiro atoms. The van der Waals surface area contributed by atoms with Gasteiger partial charge in [-0.1, -0.05) is 27.7 Å². The van der Waals surface area contributed by atoms with Crippen molar-refractivity contribution >= 4 is 19.9 Å². The summed E-state index contributed by atoms with van der Waals surface area (Å²) in [7, 11) is -6.27. The van der Waals surface area contributed by atoms with Crippen LogP contribution in [0.15, 0.2) is 0 Å². The maximum atomic E-state index is 11.7. The van der Waals surface area contributed by atoms with Gasteiger partial charge in [-0.15, -0.1) is 0 Å². The summed E-state index contributed by atoms with van der Waals surface area (Å²) in [6.07, 6.45) is 2.42. The van der Waals surface area contributed by atoms with Gasteiger partial charge in [0.2, 0.25) is 10.0 Å². The summed E-state index contributed by atoms with van der Waals surface area (Å²) in [6, 6.07) is 0.146. The Bertz CT molecular complexity index is 536. The van der Waals surface area contributed by atoms with Crippen LogP contribution in [-0.2, 0) is 19.9 Å². The van der Waals surface area contributed by atoms with Crippen LogP contribution in [0.4, 0.5) is 0 Å². The first kappa shape index (κ1) is 21.8. The van der Waals surface area contributed by atoms with E-state index in [2.05, 4.69) is 32.6 Å². The van der Waals surface area contributed by atoms with E-state index in [0.29, 0.717) is 26.2 Å². The third-order valence-corrected chi connectivity index (χ3v) is 6.31.